The molecule has 1 fully saturated rings. The summed E-state index contributed by atoms with van der Waals surface area (Å²) in [5.41, 5.74) is 2.18. The lowest BCUT2D eigenvalue weighted by atomic mass is 9.99. The molecule has 1 amide bonds. The van der Waals surface area contributed by atoms with E-state index >= 15 is 0 Å². The molecular weight excluding hydrogens is 412 g/mol. The number of hydrogen-bond acceptors (Lipinski definition) is 6. The second-order valence-electron chi connectivity index (χ2n) is 8.02. The van der Waals surface area contributed by atoms with Crippen molar-refractivity contribution in [3.63, 3.8) is 0 Å². The lowest BCUT2D eigenvalue weighted by Crippen LogP contribution is -2.40. The number of nitrogens with zero attached hydrogens (tertiary/aromatic N) is 4. The van der Waals surface area contributed by atoms with E-state index in [0.717, 1.165) is 24.3 Å². The fourth-order valence-electron chi connectivity index (χ4n) is 4.46. The molecule has 1 saturated heterocycles. The number of carbonyl (C=O) groups is 1. The van der Waals surface area contributed by atoms with Gasteiger partial charge in [0.2, 0.25) is 0 Å². The maximum atomic E-state index is 12.7. The fraction of sp³-hybridized carbons (Fsp3) is 0.348. The number of aromatic nitrogens is 1. The first-order valence-corrected chi connectivity index (χ1v) is 10.7. The number of amides is 1. The largest absolute Gasteiger partial charge is 0.455 e. The topological polar surface area (TPSA) is 94.0 Å². The van der Waals surface area contributed by atoms with Gasteiger partial charge in [0, 0.05) is 50.2 Å². The van der Waals surface area contributed by atoms with Crippen LogP contribution in [0.4, 0.5) is 5.69 Å². The average Bonchev–Trinajstić information content (AvgIpc) is 3.49. The summed E-state index contributed by atoms with van der Waals surface area (Å²) in [6.07, 6.45) is 2.05. The number of nitro benzene ring substituents is 1. The van der Waals surface area contributed by atoms with Gasteiger partial charge in [-0.25, -0.2) is 0 Å². The molecule has 2 aliphatic heterocycles. The van der Waals surface area contributed by atoms with Crippen LogP contribution in [0.25, 0.3) is 0 Å². The molecule has 0 bridgehead atoms. The first kappa shape index (κ1) is 20.5. The Morgan fingerprint density at radius 3 is 2.56 bits per heavy atom. The zero-order valence-corrected chi connectivity index (χ0v) is 17.6. The number of ether oxygens (including phenoxy) is 1. The molecule has 166 valence electrons. The first-order chi connectivity index (χ1) is 15.6. The molecule has 3 aromatic rings. The molecule has 0 saturated carbocycles. The predicted octanol–water partition coefficient (Wildman–Crippen LogP) is 3.07. The summed E-state index contributed by atoms with van der Waals surface area (Å²) in [7, 11) is 0. The number of rotatable bonds is 5. The van der Waals surface area contributed by atoms with Crippen molar-refractivity contribution in [1.29, 1.82) is 0 Å². The third kappa shape index (κ3) is 3.92. The van der Waals surface area contributed by atoms with Gasteiger partial charge < -0.3 is 18.6 Å². The summed E-state index contributed by atoms with van der Waals surface area (Å²) < 4.78 is 13.5. The number of morpholine rings is 1. The van der Waals surface area contributed by atoms with Gasteiger partial charge in [-0.2, -0.15) is 0 Å². The van der Waals surface area contributed by atoms with Gasteiger partial charge in [0.1, 0.15) is 5.76 Å². The second-order valence-corrected chi connectivity index (χ2v) is 8.02. The molecular formula is C23H24N4O5. The number of benzene rings is 1. The summed E-state index contributed by atoms with van der Waals surface area (Å²) in [6, 6.07) is 14.3. The Morgan fingerprint density at radius 1 is 1.03 bits per heavy atom. The van der Waals surface area contributed by atoms with Crippen molar-refractivity contribution < 1.29 is 18.9 Å². The van der Waals surface area contributed by atoms with Gasteiger partial charge in [-0.1, -0.05) is 12.1 Å². The van der Waals surface area contributed by atoms with Gasteiger partial charge in [-0.15, -0.1) is 0 Å². The molecule has 4 heterocycles. The Morgan fingerprint density at radius 2 is 1.81 bits per heavy atom. The molecule has 1 atom stereocenters. The third-order valence-electron chi connectivity index (χ3n) is 6.09. The second kappa shape index (κ2) is 8.60. The summed E-state index contributed by atoms with van der Waals surface area (Å²) >= 11 is 0. The zero-order valence-electron chi connectivity index (χ0n) is 17.6. The first-order valence-electron chi connectivity index (χ1n) is 10.7. The SMILES string of the molecule is O=C(c1ccc(CN2CCn3cccc3[C@H]2c2ccc([N+](=O)[O-])cc2)o1)N1CCOCC1. The minimum Gasteiger partial charge on any atom is -0.455 e. The fourth-order valence-corrected chi connectivity index (χ4v) is 4.46. The van der Waals surface area contributed by atoms with Crippen LogP contribution >= 0.6 is 0 Å². The lowest BCUT2D eigenvalue weighted by molar-refractivity contribution is -0.384. The van der Waals surface area contributed by atoms with Gasteiger partial charge in [0.05, 0.1) is 30.7 Å². The number of carbonyl (C=O) groups excluding carboxylic acids is 1. The van der Waals surface area contributed by atoms with Crippen LogP contribution in [0.15, 0.2) is 59.1 Å². The molecule has 1 aromatic carbocycles. The minimum atomic E-state index is -0.388. The van der Waals surface area contributed by atoms with Crippen molar-refractivity contribution in [2.24, 2.45) is 0 Å². The van der Waals surface area contributed by atoms with Crippen LogP contribution in [-0.2, 0) is 17.8 Å². The van der Waals surface area contributed by atoms with E-state index in [1.54, 1.807) is 23.1 Å². The van der Waals surface area contributed by atoms with Gasteiger partial charge in [0.25, 0.3) is 11.6 Å². The van der Waals surface area contributed by atoms with Gasteiger partial charge in [-0.05, 0) is 29.8 Å². The monoisotopic (exact) mass is 436 g/mol. The van der Waals surface area contributed by atoms with Crippen molar-refractivity contribution in [1.82, 2.24) is 14.4 Å². The maximum Gasteiger partial charge on any atom is 0.289 e. The molecule has 0 N–H and O–H groups in total. The van der Waals surface area contributed by atoms with E-state index in [2.05, 4.69) is 21.7 Å². The Balaban J connectivity index is 1.38. The zero-order chi connectivity index (χ0) is 22.1. The number of hydrogen-bond donors (Lipinski definition) is 0. The maximum absolute atomic E-state index is 12.7. The van der Waals surface area contributed by atoms with Crippen LogP contribution < -0.4 is 0 Å². The van der Waals surface area contributed by atoms with Gasteiger partial charge in [0.15, 0.2) is 5.76 Å². The van der Waals surface area contributed by atoms with E-state index in [4.69, 9.17) is 9.15 Å². The average molecular weight is 436 g/mol. The third-order valence-corrected chi connectivity index (χ3v) is 6.09. The number of nitro groups is 1. The van der Waals surface area contributed by atoms with Crippen LogP contribution in [0.2, 0.25) is 0 Å². The minimum absolute atomic E-state index is 0.0666. The van der Waals surface area contributed by atoms with Crippen molar-refractivity contribution in [2.45, 2.75) is 19.1 Å². The van der Waals surface area contributed by atoms with E-state index in [9.17, 15) is 14.9 Å². The molecule has 0 aliphatic carbocycles. The van der Waals surface area contributed by atoms with E-state index in [-0.39, 0.29) is 22.6 Å². The molecule has 32 heavy (non-hydrogen) atoms. The van der Waals surface area contributed by atoms with Crippen molar-refractivity contribution in [3.8, 4) is 0 Å². The van der Waals surface area contributed by atoms with Gasteiger partial charge in [-0.3, -0.25) is 19.8 Å². The van der Waals surface area contributed by atoms with E-state index in [1.807, 2.05) is 24.3 Å². The Bertz CT molecular complexity index is 1110. The Labute approximate surface area is 184 Å². The number of fused-ring (bicyclic) bond motifs is 1. The van der Waals surface area contributed by atoms with Crippen LogP contribution in [0.1, 0.15) is 33.6 Å². The molecule has 9 nitrogen and oxygen atoms in total. The van der Waals surface area contributed by atoms with Crippen LogP contribution in [0.5, 0.6) is 0 Å². The summed E-state index contributed by atoms with van der Waals surface area (Å²) in [4.78, 5) is 27.4. The Hall–Kier alpha value is -3.43. The summed E-state index contributed by atoms with van der Waals surface area (Å²) in [5, 5.41) is 11.1. The molecule has 0 unspecified atom stereocenters. The molecule has 5 rings (SSSR count). The van der Waals surface area contributed by atoms with E-state index in [0.29, 0.717) is 44.4 Å². The quantitative estimate of drug-likeness (QED) is 0.451. The molecule has 0 spiro atoms. The van der Waals surface area contributed by atoms with Crippen molar-refractivity contribution >= 4 is 11.6 Å². The normalized spacial score (nSPS) is 19.0. The smallest absolute Gasteiger partial charge is 0.289 e. The lowest BCUT2D eigenvalue weighted by Gasteiger charge is -2.36. The van der Waals surface area contributed by atoms with E-state index < -0.39 is 0 Å². The van der Waals surface area contributed by atoms with Crippen LogP contribution in [0, 0.1) is 10.1 Å². The molecule has 0 radical (unpaired) electrons. The van der Waals surface area contributed by atoms with Crippen molar-refractivity contribution in [3.05, 3.63) is 87.6 Å². The van der Waals surface area contributed by atoms with E-state index in [1.165, 1.54) is 0 Å². The standard InChI is InChI=1S/C23H24N4O5/c28-23(25-12-14-31-15-13-25)21-8-7-19(32-21)16-26-11-10-24-9-1-2-20(24)22(26)17-3-5-18(6-4-17)27(29)30/h1-9,22H,10-16H2/t22-/m1/s1. The Kier molecular flexibility index (Phi) is 5.50. The predicted molar refractivity (Wildman–Crippen MR) is 115 cm³/mol. The highest BCUT2D eigenvalue weighted by atomic mass is 16.6. The highest BCUT2D eigenvalue weighted by Crippen LogP contribution is 2.34. The van der Waals surface area contributed by atoms with Crippen LogP contribution in [-0.4, -0.2) is 58.0 Å². The van der Waals surface area contributed by atoms with Crippen molar-refractivity contribution in [2.75, 3.05) is 32.8 Å². The number of furan rings is 1. The summed E-state index contributed by atoms with van der Waals surface area (Å²) in [5.74, 6) is 0.946. The molecule has 2 aromatic heterocycles. The highest BCUT2D eigenvalue weighted by Gasteiger charge is 2.30. The van der Waals surface area contributed by atoms with Gasteiger partial charge >= 0.3 is 0 Å². The number of non-ortho nitro benzene ring substituents is 1. The molecule has 9 heteroatoms. The highest BCUT2D eigenvalue weighted by molar-refractivity contribution is 5.91. The van der Waals surface area contributed by atoms with Crippen LogP contribution in [0.3, 0.4) is 0 Å². The molecule has 2 aliphatic rings. The summed E-state index contributed by atoms with van der Waals surface area (Å²) in [6.45, 7) is 4.39.